The summed E-state index contributed by atoms with van der Waals surface area (Å²) in [6.07, 6.45) is 3.25. The SMILES string of the molecule is Cc1ccc(CN2CCN(CC(=O)N/N=C/C(Cl)=C/c3ccccc3)CC2)cc1. The van der Waals surface area contributed by atoms with Gasteiger partial charge in [-0.2, -0.15) is 5.10 Å². The van der Waals surface area contributed by atoms with Crippen molar-refractivity contribution in [1.29, 1.82) is 0 Å². The van der Waals surface area contributed by atoms with Crippen molar-refractivity contribution in [3.05, 3.63) is 76.3 Å². The van der Waals surface area contributed by atoms with Crippen molar-refractivity contribution in [2.75, 3.05) is 32.7 Å². The van der Waals surface area contributed by atoms with Crippen LogP contribution in [-0.4, -0.2) is 54.6 Å². The van der Waals surface area contributed by atoms with Gasteiger partial charge in [-0.25, -0.2) is 5.43 Å². The number of nitrogens with one attached hydrogen (secondary N) is 1. The normalized spacial score (nSPS) is 16.3. The molecular weight excluding hydrogens is 384 g/mol. The second-order valence-corrected chi connectivity index (χ2v) is 7.71. The number of carbonyl (C=O) groups is 1. The van der Waals surface area contributed by atoms with Crippen LogP contribution in [0.25, 0.3) is 6.08 Å². The topological polar surface area (TPSA) is 47.9 Å². The van der Waals surface area contributed by atoms with Crippen molar-refractivity contribution in [1.82, 2.24) is 15.2 Å². The second kappa shape index (κ2) is 10.9. The van der Waals surface area contributed by atoms with E-state index in [1.54, 1.807) is 6.08 Å². The molecule has 0 saturated carbocycles. The first-order valence-corrected chi connectivity index (χ1v) is 10.2. The van der Waals surface area contributed by atoms with Crippen molar-refractivity contribution < 1.29 is 4.79 Å². The number of piperazine rings is 1. The molecule has 0 aliphatic carbocycles. The number of hydrazone groups is 1. The fourth-order valence-corrected chi connectivity index (χ4v) is 3.38. The Labute approximate surface area is 177 Å². The monoisotopic (exact) mass is 410 g/mol. The lowest BCUT2D eigenvalue weighted by molar-refractivity contribution is -0.122. The van der Waals surface area contributed by atoms with Crippen molar-refractivity contribution in [2.45, 2.75) is 13.5 Å². The van der Waals surface area contributed by atoms with Crippen LogP contribution in [0.3, 0.4) is 0 Å². The number of nitrogens with zero attached hydrogens (tertiary/aromatic N) is 3. The van der Waals surface area contributed by atoms with Crippen LogP contribution in [0.5, 0.6) is 0 Å². The number of halogens is 1. The van der Waals surface area contributed by atoms with Crippen LogP contribution in [0.1, 0.15) is 16.7 Å². The lowest BCUT2D eigenvalue weighted by atomic mass is 10.1. The first-order chi connectivity index (χ1) is 14.1. The fourth-order valence-electron chi connectivity index (χ4n) is 3.21. The molecule has 0 aromatic heterocycles. The molecule has 0 bridgehead atoms. The quantitative estimate of drug-likeness (QED) is 0.561. The van der Waals surface area contributed by atoms with Crippen LogP contribution in [-0.2, 0) is 11.3 Å². The molecule has 1 amide bonds. The molecular formula is C23H27ClN4O. The van der Waals surface area contributed by atoms with E-state index in [1.165, 1.54) is 17.3 Å². The Balaban J connectivity index is 1.37. The van der Waals surface area contributed by atoms with E-state index in [0.29, 0.717) is 11.6 Å². The van der Waals surface area contributed by atoms with E-state index in [2.05, 4.69) is 51.5 Å². The predicted molar refractivity (Wildman–Crippen MR) is 120 cm³/mol. The highest BCUT2D eigenvalue weighted by Gasteiger charge is 2.18. The van der Waals surface area contributed by atoms with Crippen LogP contribution < -0.4 is 5.43 Å². The molecule has 1 heterocycles. The summed E-state index contributed by atoms with van der Waals surface area (Å²) < 4.78 is 0. The number of allylic oxidation sites excluding steroid dienone is 1. The summed E-state index contributed by atoms with van der Waals surface area (Å²) in [5.41, 5.74) is 6.15. The number of carbonyl (C=O) groups excluding carboxylic acids is 1. The minimum absolute atomic E-state index is 0.127. The number of amides is 1. The maximum Gasteiger partial charge on any atom is 0.254 e. The molecule has 0 unspecified atom stereocenters. The van der Waals surface area contributed by atoms with E-state index in [-0.39, 0.29) is 5.91 Å². The van der Waals surface area contributed by atoms with E-state index in [0.717, 1.165) is 38.3 Å². The summed E-state index contributed by atoms with van der Waals surface area (Å²) in [7, 11) is 0. The van der Waals surface area contributed by atoms with E-state index in [4.69, 9.17) is 11.6 Å². The Hall–Kier alpha value is -2.47. The van der Waals surface area contributed by atoms with E-state index < -0.39 is 0 Å². The summed E-state index contributed by atoms with van der Waals surface area (Å²) in [6.45, 7) is 7.05. The van der Waals surface area contributed by atoms with Gasteiger partial charge in [-0.15, -0.1) is 0 Å². The molecule has 5 nitrogen and oxygen atoms in total. The van der Waals surface area contributed by atoms with Gasteiger partial charge in [0, 0.05) is 32.7 Å². The van der Waals surface area contributed by atoms with Gasteiger partial charge in [0.25, 0.3) is 5.91 Å². The number of aryl methyl sites for hydroxylation is 1. The largest absolute Gasteiger partial charge is 0.297 e. The Morgan fingerprint density at radius 2 is 1.69 bits per heavy atom. The zero-order chi connectivity index (χ0) is 20.5. The molecule has 1 aliphatic heterocycles. The molecule has 29 heavy (non-hydrogen) atoms. The van der Waals surface area contributed by atoms with E-state index >= 15 is 0 Å². The zero-order valence-corrected chi connectivity index (χ0v) is 17.5. The number of hydrogen-bond acceptors (Lipinski definition) is 4. The standard InChI is InChI=1S/C23H27ClN4O/c1-19-7-9-21(10-8-19)17-27-11-13-28(14-12-27)18-23(29)26-25-16-22(24)15-20-5-3-2-4-6-20/h2-10,15-16H,11-14,17-18H2,1H3,(H,26,29)/b22-15-,25-16+. The lowest BCUT2D eigenvalue weighted by Crippen LogP contribution is -2.48. The van der Waals surface area contributed by atoms with Gasteiger partial charge >= 0.3 is 0 Å². The van der Waals surface area contributed by atoms with E-state index in [1.807, 2.05) is 30.3 Å². The predicted octanol–water partition coefficient (Wildman–Crippen LogP) is 3.49. The Morgan fingerprint density at radius 3 is 2.38 bits per heavy atom. The smallest absolute Gasteiger partial charge is 0.254 e. The maximum absolute atomic E-state index is 12.1. The molecule has 152 valence electrons. The summed E-state index contributed by atoms with van der Waals surface area (Å²) in [5, 5.41) is 4.41. The number of hydrogen-bond donors (Lipinski definition) is 1. The van der Waals surface area contributed by atoms with E-state index in [9.17, 15) is 4.79 Å². The van der Waals surface area contributed by atoms with Gasteiger partial charge in [-0.1, -0.05) is 71.8 Å². The molecule has 3 rings (SSSR count). The van der Waals surface area contributed by atoms with Crippen molar-refractivity contribution in [3.8, 4) is 0 Å². The van der Waals surface area contributed by atoms with Crippen LogP contribution in [0.4, 0.5) is 0 Å². The number of rotatable bonds is 7. The summed E-state index contributed by atoms with van der Waals surface area (Å²) in [4.78, 5) is 16.7. The van der Waals surface area contributed by atoms with Crippen molar-refractivity contribution in [2.24, 2.45) is 5.10 Å². The molecule has 2 aromatic carbocycles. The minimum Gasteiger partial charge on any atom is -0.297 e. The number of benzene rings is 2. The first-order valence-electron chi connectivity index (χ1n) is 9.83. The summed E-state index contributed by atoms with van der Waals surface area (Å²) in [6, 6.07) is 18.4. The van der Waals surface area contributed by atoms with Gasteiger partial charge < -0.3 is 0 Å². The zero-order valence-electron chi connectivity index (χ0n) is 16.7. The third-order valence-corrected chi connectivity index (χ3v) is 5.05. The Bertz CT molecular complexity index is 841. The summed E-state index contributed by atoms with van der Waals surface area (Å²) in [5.74, 6) is -0.127. The summed E-state index contributed by atoms with van der Waals surface area (Å²) >= 11 is 6.13. The highest BCUT2D eigenvalue weighted by Crippen LogP contribution is 2.10. The molecule has 1 saturated heterocycles. The van der Waals surface area contributed by atoms with Crippen molar-refractivity contribution in [3.63, 3.8) is 0 Å². The fraction of sp³-hybridized carbons (Fsp3) is 0.304. The Morgan fingerprint density at radius 1 is 1.03 bits per heavy atom. The van der Waals surface area contributed by atoms with Crippen LogP contribution in [0, 0.1) is 6.92 Å². The van der Waals surface area contributed by atoms with Crippen LogP contribution >= 0.6 is 11.6 Å². The Kier molecular flexibility index (Phi) is 7.99. The molecule has 1 fully saturated rings. The van der Waals surface area contributed by atoms with Crippen LogP contribution in [0.15, 0.2) is 64.7 Å². The first kappa shape index (κ1) is 21.2. The minimum atomic E-state index is -0.127. The van der Waals surface area contributed by atoms with Gasteiger partial charge in [0.05, 0.1) is 17.8 Å². The van der Waals surface area contributed by atoms with Gasteiger partial charge in [-0.05, 0) is 24.1 Å². The maximum atomic E-state index is 12.1. The average molecular weight is 411 g/mol. The molecule has 6 heteroatoms. The average Bonchev–Trinajstić information content (AvgIpc) is 2.72. The molecule has 0 spiro atoms. The highest BCUT2D eigenvalue weighted by molar-refractivity contribution is 6.41. The highest BCUT2D eigenvalue weighted by atomic mass is 35.5. The lowest BCUT2D eigenvalue weighted by Gasteiger charge is -2.34. The van der Waals surface area contributed by atoms with Gasteiger partial charge in [0.2, 0.25) is 0 Å². The molecule has 1 N–H and O–H groups in total. The van der Waals surface area contributed by atoms with Gasteiger partial charge in [-0.3, -0.25) is 14.6 Å². The van der Waals surface area contributed by atoms with Crippen LogP contribution in [0.2, 0.25) is 0 Å². The van der Waals surface area contributed by atoms with Gasteiger partial charge in [0.1, 0.15) is 0 Å². The molecule has 2 aromatic rings. The third-order valence-electron chi connectivity index (χ3n) is 4.84. The van der Waals surface area contributed by atoms with Crippen molar-refractivity contribution >= 4 is 29.8 Å². The molecule has 0 atom stereocenters. The third kappa shape index (κ3) is 7.46. The second-order valence-electron chi connectivity index (χ2n) is 7.27. The molecule has 0 radical (unpaired) electrons. The van der Waals surface area contributed by atoms with Gasteiger partial charge in [0.15, 0.2) is 0 Å². The molecule has 1 aliphatic rings.